The number of nitrogens with zero attached hydrogens (tertiary/aromatic N) is 1. The van der Waals surface area contributed by atoms with Gasteiger partial charge in [-0.2, -0.15) is 0 Å². The second kappa shape index (κ2) is 4.19. The fourth-order valence-corrected chi connectivity index (χ4v) is 8.49. The number of hydrogen-bond acceptors (Lipinski definition) is 2. The van der Waals surface area contributed by atoms with Gasteiger partial charge in [0.2, 0.25) is 11.8 Å². The van der Waals surface area contributed by atoms with Crippen LogP contribution in [-0.4, -0.2) is 19.9 Å². The normalized spacial score (nSPS) is 36.3. The van der Waals surface area contributed by atoms with E-state index in [4.69, 9.17) is 0 Å². The van der Waals surface area contributed by atoms with E-state index in [9.17, 15) is 9.59 Å². The van der Waals surface area contributed by atoms with Crippen molar-refractivity contribution in [3.8, 4) is 0 Å². The van der Waals surface area contributed by atoms with Gasteiger partial charge in [0, 0.05) is 0 Å². The predicted molar refractivity (Wildman–Crippen MR) is 89.2 cm³/mol. The Hall–Kier alpha value is -1.68. The average molecular weight is 311 g/mol. The van der Waals surface area contributed by atoms with Gasteiger partial charge in [-0.05, 0) is 30.4 Å². The van der Waals surface area contributed by atoms with Crippen LogP contribution in [0.1, 0.15) is 6.42 Å². The van der Waals surface area contributed by atoms with Gasteiger partial charge < -0.3 is 0 Å². The molecule has 1 heterocycles. The fourth-order valence-electron chi connectivity index (χ4n) is 5.14. The summed E-state index contributed by atoms with van der Waals surface area (Å²) in [4.78, 5) is 28.1. The summed E-state index contributed by atoms with van der Waals surface area (Å²) in [5, 5.41) is -0.445. The molecule has 0 spiro atoms. The highest BCUT2D eigenvalue weighted by Gasteiger charge is 2.73. The minimum atomic E-state index is -1.87. The first-order chi connectivity index (χ1) is 10.4. The molecular formula is C18H21NO2Si. The number of amides is 2. The summed E-state index contributed by atoms with van der Waals surface area (Å²) >= 11 is 0. The second-order valence-electron chi connectivity index (χ2n) is 7.80. The van der Waals surface area contributed by atoms with Crippen molar-refractivity contribution in [2.75, 3.05) is 4.90 Å². The number of fused-ring (bicyclic) bond motifs is 5. The highest BCUT2D eigenvalue weighted by Crippen LogP contribution is 2.69. The quantitative estimate of drug-likeness (QED) is 0.476. The molecule has 1 aliphatic heterocycles. The Bertz CT molecular complexity index is 691. The first-order valence-corrected chi connectivity index (χ1v) is 11.5. The van der Waals surface area contributed by atoms with Gasteiger partial charge >= 0.3 is 0 Å². The Morgan fingerprint density at radius 1 is 1.09 bits per heavy atom. The van der Waals surface area contributed by atoms with Crippen molar-refractivity contribution in [1.82, 2.24) is 0 Å². The van der Waals surface area contributed by atoms with Gasteiger partial charge in [-0.15, -0.1) is 0 Å². The molecule has 1 saturated heterocycles. The number of carbonyl (C=O) groups is 2. The Balaban J connectivity index is 1.90. The molecule has 1 saturated carbocycles. The Morgan fingerprint density at radius 2 is 1.77 bits per heavy atom. The lowest BCUT2D eigenvalue weighted by Crippen LogP contribution is -2.50. The molecule has 0 radical (unpaired) electrons. The van der Waals surface area contributed by atoms with Gasteiger partial charge in [-0.3, -0.25) is 14.5 Å². The van der Waals surface area contributed by atoms with Crippen molar-refractivity contribution in [1.29, 1.82) is 0 Å². The third-order valence-corrected chi connectivity index (χ3v) is 9.30. The third kappa shape index (κ3) is 1.41. The van der Waals surface area contributed by atoms with E-state index in [1.807, 2.05) is 30.3 Å². The van der Waals surface area contributed by atoms with Gasteiger partial charge in [0.1, 0.15) is 0 Å². The van der Waals surface area contributed by atoms with Crippen molar-refractivity contribution in [2.24, 2.45) is 17.8 Å². The van der Waals surface area contributed by atoms with Crippen molar-refractivity contribution >= 4 is 25.6 Å². The summed E-state index contributed by atoms with van der Waals surface area (Å²) in [6, 6.07) is 9.42. The minimum Gasteiger partial charge on any atom is -0.274 e. The maximum Gasteiger partial charge on any atom is 0.238 e. The summed E-state index contributed by atoms with van der Waals surface area (Å²) in [5.41, 5.74) is 0.726. The maximum absolute atomic E-state index is 13.5. The molecule has 4 atom stereocenters. The van der Waals surface area contributed by atoms with Crippen LogP contribution in [0.25, 0.3) is 0 Å². The lowest BCUT2D eigenvalue weighted by atomic mass is 9.84. The van der Waals surface area contributed by atoms with Crippen LogP contribution in [0.5, 0.6) is 0 Å². The molecule has 0 N–H and O–H groups in total. The van der Waals surface area contributed by atoms with Gasteiger partial charge in [-0.1, -0.05) is 50.0 Å². The number of para-hydroxylation sites is 1. The standard InChI is InChI=1S/C18H21NO2Si/c1-22(2,3)18-13-10-9-12(11-13)15(18)16(20)19(17(18)21)14-7-5-4-6-8-14/h4-10,12-13,15H,11H2,1-3H3/t12-,13+,15+,18-/m1/s1. The highest BCUT2D eigenvalue weighted by molar-refractivity contribution is 6.84. The molecule has 1 aromatic rings. The molecule has 1 aromatic carbocycles. The smallest absolute Gasteiger partial charge is 0.238 e. The molecule has 0 unspecified atom stereocenters. The van der Waals surface area contributed by atoms with Crippen molar-refractivity contribution in [3.63, 3.8) is 0 Å². The number of rotatable bonds is 2. The summed E-state index contributed by atoms with van der Waals surface area (Å²) < 4.78 is 0. The zero-order valence-corrected chi connectivity index (χ0v) is 14.2. The lowest BCUT2D eigenvalue weighted by Gasteiger charge is -2.43. The summed E-state index contributed by atoms with van der Waals surface area (Å²) in [5.74, 6) is 0.447. The molecule has 2 fully saturated rings. The van der Waals surface area contributed by atoms with Crippen LogP contribution < -0.4 is 4.90 Å². The zero-order valence-electron chi connectivity index (χ0n) is 13.2. The van der Waals surface area contributed by atoms with E-state index in [0.29, 0.717) is 0 Å². The van der Waals surface area contributed by atoms with Crippen LogP contribution in [0.3, 0.4) is 0 Å². The largest absolute Gasteiger partial charge is 0.274 e. The molecular weight excluding hydrogens is 290 g/mol. The van der Waals surface area contributed by atoms with E-state index < -0.39 is 13.1 Å². The Kier molecular flexibility index (Phi) is 2.66. The Morgan fingerprint density at radius 3 is 2.36 bits per heavy atom. The highest BCUT2D eigenvalue weighted by atomic mass is 28.3. The third-order valence-electron chi connectivity index (χ3n) is 5.92. The Labute approximate surface area is 132 Å². The molecule has 0 aromatic heterocycles. The lowest BCUT2D eigenvalue weighted by molar-refractivity contribution is -0.123. The number of imide groups is 1. The molecule has 2 aliphatic carbocycles. The van der Waals surface area contributed by atoms with E-state index in [2.05, 4.69) is 31.8 Å². The first kappa shape index (κ1) is 13.9. The van der Waals surface area contributed by atoms with Gasteiger partial charge in [0.25, 0.3) is 0 Å². The molecule has 4 heteroatoms. The fraction of sp³-hybridized carbons (Fsp3) is 0.444. The van der Waals surface area contributed by atoms with E-state index in [0.717, 1.165) is 12.1 Å². The summed E-state index contributed by atoms with van der Waals surface area (Å²) in [6.45, 7) is 6.73. The average Bonchev–Trinajstić information content (AvgIpc) is 3.11. The van der Waals surface area contributed by atoms with Crippen LogP contribution in [0.2, 0.25) is 24.7 Å². The van der Waals surface area contributed by atoms with Crippen molar-refractivity contribution in [2.45, 2.75) is 31.1 Å². The molecule has 114 valence electrons. The zero-order chi connectivity index (χ0) is 15.7. The van der Waals surface area contributed by atoms with E-state index in [1.165, 1.54) is 4.90 Å². The van der Waals surface area contributed by atoms with E-state index in [1.54, 1.807) is 0 Å². The van der Waals surface area contributed by atoms with Crippen LogP contribution in [0.4, 0.5) is 5.69 Å². The van der Waals surface area contributed by atoms with Crippen LogP contribution in [-0.2, 0) is 9.59 Å². The molecule has 3 nitrogen and oxygen atoms in total. The SMILES string of the molecule is C[Si](C)(C)[C@@]12C(=O)N(c3ccccc3)C(=O)[C@@H]1[C@@H]1C=C[C@H]2C1. The van der Waals surface area contributed by atoms with Gasteiger partial charge in [0.15, 0.2) is 0 Å². The van der Waals surface area contributed by atoms with E-state index >= 15 is 0 Å². The monoisotopic (exact) mass is 311 g/mol. The molecule has 2 bridgehead atoms. The summed E-state index contributed by atoms with van der Waals surface area (Å²) in [6.07, 6.45) is 5.36. The van der Waals surface area contributed by atoms with Crippen LogP contribution in [0.15, 0.2) is 42.5 Å². The molecule has 4 rings (SSSR count). The number of anilines is 1. The van der Waals surface area contributed by atoms with Gasteiger partial charge in [-0.25, -0.2) is 0 Å². The topological polar surface area (TPSA) is 37.4 Å². The number of hydrogen-bond donors (Lipinski definition) is 0. The first-order valence-electron chi connectivity index (χ1n) is 8.01. The van der Waals surface area contributed by atoms with Crippen LogP contribution >= 0.6 is 0 Å². The van der Waals surface area contributed by atoms with E-state index in [-0.39, 0.29) is 29.6 Å². The van der Waals surface area contributed by atoms with Crippen LogP contribution in [0, 0.1) is 17.8 Å². The molecule has 2 amide bonds. The molecule has 3 aliphatic rings. The van der Waals surface area contributed by atoms with Crippen molar-refractivity contribution < 1.29 is 9.59 Å². The maximum atomic E-state index is 13.5. The number of allylic oxidation sites excluding steroid dienone is 2. The molecule has 22 heavy (non-hydrogen) atoms. The number of benzene rings is 1. The van der Waals surface area contributed by atoms with Crippen molar-refractivity contribution in [3.05, 3.63) is 42.5 Å². The van der Waals surface area contributed by atoms with Gasteiger partial charge in [0.05, 0.1) is 24.7 Å². The predicted octanol–water partition coefficient (Wildman–Crippen LogP) is 3.46. The second-order valence-corrected chi connectivity index (χ2v) is 13.1. The minimum absolute atomic E-state index is 0.0236. The summed E-state index contributed by atoms with van der Waals surface area (Å²) in [7, 11) is -1.87. The number of carbonyl (C=O) groups excluding carboxylic acids is 2.